The summed E-state index contributed by atoms with van der Waals surface area (Å²) in [7, 11) is 1.62. The van der Waals surface area contributed by atoms with Crippen molar-refractivity contribution in [2.75, 3.05) is 79.8 Å². The molecule has 0 fully saturated rings. The average Bonchev–Trinajstić information content (AvgIpc) is 2.75. The molecule has 31 heavy (non-hydrogen) atoms. The third kappa shape index (κ3) is 11.9. The van der Waals surface area contributed by atoms with Gasteiger partial charge in [-0.1, -0.05) is 24.3 Å². The highest BCUT2D eigenvalue weighted by molar-refractivity contribution is 5.30. The molecule has 0 aromatic heterocycles. The average molecular weight is 445 g/mol. The zero-order valence-electron chi connectivity index (χ0n) is 19.4. The van der Waals surface area contributed by atoms with E-state index >= 15 is 0 Å². The molecular formula is C23H40O8. The van der Waals surface area contributed by atoms with Crippen LogP contribution in [0.2, 0.25) is 0 Å². The van der Waals surface area contributed by atoms with Gasteiger partial charge in [-0.05, 0) is 31.9 Å². The normalized spacial score (nSPS) is 15.5. The highest BCUT2D eigenvalue weighted by Crippen LogP contribution is 2.26. The SMILES string of the molecule is CCOCCOCCOCC(C)(O)c1ccc(C(C)(O)COCCOCCOC)cc1. The van der Waals surface area contributed by atoms with Crippen molar-refractivity contribution in [1.82, 2.24) is 0 Å². The van der Waals surface area contributed by atoms with Crippen molar-refractivity contribution in [3.05, 3.63) is 35.4 Å². The van der Waals surface area contributed by atoms with E-state index in [9.17, 15) is 10.2 Å². The van der Waals surface area contributed by atoms with E-state index in [0.717, 1.165) is 0 Å². The van der Waals surface area contributed by atoms with E-state index in [-0.39, 0.29) is 13.2 Å². The van der Waals surface area contributed by atoms with E-state index in [0.29, 0.717) is 70.6 Å². The number of hydrogen-bond acceptors (Lipinski definition) is 8. The molecule has 0 heterocycles. The van der Waals surface area contributed by atoms with Crippen molar-refractivity contribution in [2.45, 2.75) is 32.0 Å². The fourth-order valence-corrected chi connectivity index (χ4v) is 2.74. The molecule has 8 nitrogen and oxygen atoms in total. The molecule has 0 spiro atoms. The maximum absolute atomic E-state index is 10.7. The van der Waals surface area contributed by atoms with Gasteiger partial charge in [0.1, 0.15) is 11.2 Å². The molecule has 0 aliphatic rings. The van der Waals surface area contributed by atoms with Crippen molar-refractivity contribution in [3.8, 4) is 0 Å². The molecule has 0 amide bonds. The van der Waals surface area contributed by atoms with E-state index in [2.05, 4.69) is 0 Å². The van der Waals surface area contributed by atoms with E-state index in [1.807, 2.05) is 6.92 Å². The summed E-state index contributed by atoms with van der Waals surface area (Å²) in [6.07, 6.45) is 0. The van der Waals surface area contributed by atoms with Crippen LogP contribution in [-0.4, -0.2) is 90.0 Å². The minimum atomic E-state index is -1.15. The van der Waals surface area contributed by atoms with Crippen molar-refractivity contribution >= 4 is 0 Å². The quantitative estimate of drug-likeness (QED) is 0.312. The standard InChI is InChI=1S/C23H40O8/c1-5-27-12-13-29-15-17-31-19-23(3,25)21-8-6-20(7-9-21)22(2,24)18-30-16-14-28-11-10-26-4/h6-9,24-25H,5,10-19H2,1-4H3. The van der Waals surface area contributed by atoms with Gasteiger partial charge < -0.3 is 38.6 Å². The minimum Gasteiger partial charge on any atom is -0.383 e. The molecule has 180 valence electrons. The molecule has 2 N–H and O–H groups in total. The van der Waals surface area contributed by atoms with Gasteiger partial charge in [-0.25, -0.2) is 0 Å². The van der Waals surface area contributed by atoms with Crippen LogP contribution in [0.5, 0.6) is 0 Å². The van der Waals surface area contributed by atoms with Crippen LogP contribution in [0.1, 0.15) is 31.9 Å². The summed E-state index contributed by atoms with van der Waals surface area (Å²) in [4.78, 5) is 0. The summed E-state index contributed by atoms with van der Waals surface area (Å²) in [5, 5.41) is 21.4. The van der Waals surface area contributed by atoms with Gasteiger partial charge in [0.2, 0.25) is 0 Å². The summed E-state index contributed by atoms with van der Waals surface area (Å²) < 4.78 is 31.9. The van der Waals surface area contributed by atoms with Crippen molar-refractivity contribution in [3.63, 3.8) is 0 Å². The maximum atomic E-state index is 10.7. The Hall–Kier alpha value is -1.10. The summed E-state index contributed by atoms with van der Waals surface area (Å²) in [6.45, 7) is 10.1. The van der Waals surface area contributed by atoms with E-state index in [4.69, 9.17) is 28.4 Å². The number of aliphatic hydroxyl groups is 2. The van der Waals surface area contributed by atoms with Gasteiger partial charge in [0, 0.05) is 13.7 Å². The molecular weight excluding hydrogens is 404 g/mol. The van der Waals surface area contributed by atoms with Crippen LogP contribution >= 0.6 is 0 Å². The zero-order valence-corrected chi connectivity index (χ0v) is 19.4. The second kappa shape index (κ2) is 15.7. The van der Waals surface area contributed by atoms with Crippen LogP contribution in [0.3, 0.4) is 0 Å². The van der Waals surface area contributed by atoms with Gasteiger partial charge >= 0.3 is 0 Å². The first-order valence-corrected chi connectivity index (χ1v) is 10.8. The molecule has 1 rings (SSSR count). The molecule has 8 heteroatoms. The molecule has 0 saturated carbocycles. The van der Waals surface area contributed by atoms with E-state index < -0.39 is 11.2 Å². The third-order valence-electron chi connectivity index (χ3n) is 4.65. The Labute approximate surface area is 186 Å². The highest BCUT2D eigenvalue weighted by atomic mass is 16.6. The number of benzene rings is 1. The van der Waals surface area contributed by atoms with Gasteiger partial charge in [-0.2, -0.15) is 0 Å². The van der Waals surface area contributed by atoms with Gasteiger partial charge in [0.15, 0.2) is 0 Å². The van der Waals surface area contributed by atoms with Crippen LogP contribution in [-0.2, 0) is 39.6 Å². The Morgan fingerprint density at radius 3 is 1.35 bits per heavy atom. The molecule has 0 bridgehead atoms. The van der Waals surface area contributed by atoms with E-state index in [1.165, 1.54) is 0 Å². The lowest BCUT2D eigenvalue weighted by Gasteiger charge is -2.27. The maximum Gasteiger partial charge on any atom is 0.110 e. The lowest BCUT2D eigenvalue weighted by Crippen LogP contribution is -2.30. The lowest BCUT2D eigenvalue weighted by molar-refractivity contribution is -0.0561. The lowest BCUT2D eigenvalue weighted by atomic mass is 9.91. The van der Waals surface area contributed by atoms with Crippen LogP contribution in [0, 0.1) is 0 Å². The van der Waals surface area contributed by atoms with E-state index in [1.54, 1.807) is 45.2 Å². The molecule has 1 aromatic carbocycles. The van der Waals surface area contributed by atoms with Crippen molar-refractivity contribution in [1.29, 1.82) is 0 Å². The summed E-state index contributed by atoms with van der Waals surface area (Å²) in [5.41, 5.74) is -0.884. The van der Waals surface area contributed by atoms with Gasteiger partial charge in [-0.15, -0.1) is 0 Å². The van der Waals surface area contributed by atoms with Crippen molar-refractivity contribution in [2.24, 2.45) is 0 Å². The first-order chi connectivity index (χ1) is 14.8. The summed E-state index contributed by atoms with van der Waals surface area (Å²) >= 11 is 0. The molecule has 1 aromatic rings. The predicted octanol–water partition coefficient (Wildman–Crippen LogP) is 1.85. The molecule has 0 saturated heterocycles. The van der Waals surface area contributed by atoms with Crippen molar-refractivity contribution < 1.29 is 38.6 Å². The molecule has 2 atom stereocenters. The Morgan fingerprint density at radius 1 is 0.613 bits per heavy atom. The van der Waals surface area contributed by atoms with Crippen LogP contribution in [0.15, 0.2) is 24.3 Å². The van der Waals surface area contributed by atoms with Crippen LogP contribution in [0.25, 0.3) is 0 Å². The van der Waals surface area contributed by atoms with Gasteiger partial charge in [0.25, 0.3) is 0 Å². The fourth-order valence-electron chi connectivity index (χ4n) is 2.74. The second-order valence-electron chi connectivity index (χ2n) is 7.64. The molecule has 0 radical (unpaired) electrons. The largest absolute Gasteiger partial charge is 0.383 e. The summed E-state index contributed by atoms with van der Waals surface area (Å²) in [6, 6.07) is 7.16. The Bertz CT molecular complexity index is 559. The Kier molecular flexibility index (Phi) is 14.1. The Balaban J connectivity index is 2.37. The zero-order chi connectivity index (χ0) is 23.0. The number of ether oxygens (including phenoxy) is 6. The smallest absolute Gasteiger partial charge is 0.110 e. The number of rotatable bonds is 19. The molecule has 2 unspecified atom stereocenters. The summed E-state index contributed by atoms with van der Waals surface area (Å²) in [5.74, 6) is 0. The van der Waals surface area contributed by atoms with Gasteiger partial charge in [-0.3, -0.25) is 0 Å². The third-order valence-corrected chi connectivity index (χ3v) is 4.65. The molecule has 0 aliphatic carbocycles. The topological polar surface area (TPSA) is 95.8 Å². The first kappa shape index (κ1) is 27.9. The number of methoxy groups -OCH3 is 1. The van der Waals surface area contributed by atoms with Gasteiger partial charge in [0.05, 0.1) is 66.1 Å². The van der Waals surface area contributed by atoms with Crippen LogP contribution in [0.4, 0.5) is 0 Å². The monoisotopic (exact) mass is 444 g/mol. The molecule has 0 aliphatic heterocycles. The number of hydrogen-bond donors (Lipinski definition) is 2. The van der Waals surface area contributed by atoms with Crippen LogP contribution < -0.4 is 0 Å². The fraction of sp³-hybridized carbons (Fsp3) is 0.739. The highest BCUT2D eigenvalue weighted by Gasteiger charge is 2.27. The Morgan fingerprint density at radius 2 is 0.968 bits per heavy atom. The predicted molar refractivity (Wildman–Crippen MR) is 117 cm³/mol. The first-order valence-electron chi connectivity index (χ1n) is 10.8. The second-order valence-corrected chi connectivity index (χ2v) is 7.64. The minimum absolute atomic E-state index is 0.142.